The van der Waals surface area contributed by atoms with Crippen LogP contribution in [0.25, 0.3) is 0 Å². The highest BCUT2D eigenvalue weighted by atomic mass is 32.1. The van der Waals surface area contributed by atoms with Crippen molar-refractivity contribution >= 4 is 11.3 Å². The number of hydrogen-bond acceptors (Lipinski definition) is 2. The van der Waals surface area contributed by atoms with Crippen molar-refractivity contribution in [2.75, 3.05) is 6.54 Å². The van der Waals surface area contributed by atoms with Crippen molar-refractivity contribution in [2.24, 2.45) is 0 Å². The van der Waals surface area contributed by atoms with Crippen molar-refractivity contribution in [1.29, 1.82) is 0 Å². The predicted octanol–water partition coefficient (Wildman–Crippen LogP) is 4.16. The van der Waals surface area contributed by atoms with Gasteiger partial charge in [0, 0.05) is 15.8 Å². The van der Waals surface area contributed by atoms with Crippen molar-refractivity contribution in [3.05, 3.63) is 21.9 Å². The summed E-state index contributed by atoms with van der Waals surface area (Å²) in [6.45, 7) is 7.90. The molecule has 0 fully saturated rings. The standard InChI is InChI=1S/C14H25NS/c1-4-5-6-7-10-15-12(2)11-14-9-8-13(3)16-14/h8-9,12,15H,4-7,10-11H2,1-3H3. The first kappa shape index (κ1) is 13.7. The number of thiophene rings is 1. The molecule has 1 N–H and O–H groups in total. The SMILES string of the molecule is CCCCCCNC(C)Cc1ccc(C)s1. The molecule has 1 rings (SSSR count). The van der Waals surface area contributed by atoms with E-state index in [1.165, 1.54) is 48.4 Å². The van der Waals surface area contributed by atoms with E-state index in [4.69, 9.17) is 0 Å². The maximum Gasteiger partial charge on any atom is 0.00870 e. The molecule has 0 bridgehead atoms. The number of aryl methyl sites for hydroxylation is 1. The second kappa shape index (κ2) is 7.86. The minimum absolute atomic E-state index is 0.611. The van der Waals surface area contributed by atoms with E-state index in [0.717, 1.165) is 0 Å². The second-order valence-electron chi connectivity index (χ2n) is 4.63. The Bertz CT molecular complexity index is 280. The molecule has 0 aliphatic heterocycles. The number of nitrogens with one attached hydrogen (secondary N) is 1. The third-order valence-electron chi connectivity index (χ3n) is 2.83. The van der Waals surface area contributed by atoms with Gasteiger partial charge in [-0.25, -0.2) is 0 Å². The van der Waals surface area contributed by atoms with Crippen LogP contribution in [0.5, 0.6) is 0 Å². The molecule has 1 aromatic heterocycles. The Labute approximate surface area is 104 Å². The number of rotatable bonds is 8. The Morgan fingerprint density at radius 2 is 2.06 bits per heavy atom. The van der Waals surface area contributed by atoms with E-state index in [1.807, 2.05) is 11.3 Å². The van der Waals surface area contributed by atoms with Crippen molar-refractivity contribution in [1.82, 2.24) is 5.32 Å². The summed E-state index contributed by atoms with van der Waals surface area (Å²) < 4.78 is 0. The van der Waals surface area contributed by atoms with Crippen LogP contribution >= 0.6 is 11.3 Å². The molecule has 0 saturated heterocycles. The van der Waals surface area contributed by atoms with Gasteiger partial charge in [0.2, 0.25) is 0 Å². The van der Waals surface area contributed by atoms with Gasteiger partial charge < -0.3 is 5.32 Å². The van der Waals surface area contributed by atoms with E-state index in [1.54, 1.807) is 0 Å². The first-order chi connectivity index (χ1) is 7.72. The van der Waals surface area contributed by atoms with Gasteiger partial charge in [-0.3, -0.25) is 0 Å². The molecule has 0 saturated carbocycles. The summed E-state index contributed by atoms with van der Waals surface area (Å²) in [7, 11) is 0. The summed E-state index contributed by atoms with van der Waals surface area (Å²) in [5.74, 6) is 0. The molecular formula is C14H25NS. The zero-order valence-corrected chi connectivity index (χ0v) is 11.7. The van der Waals surface area contributed by atoms with Crippen LogP contribution in [0.3, 0.4) is 0 Å². The quantitative estimate of drug-likeness (QED) is 0.672. The lowest BCUT2D eigenvalue weighted by molar-refractivity contribution is 0.520. The Hall–Kier alpha value is -0.340. The van der Waals surface area contributed by atoms with Gasteiger partial charge in [0.15, 0.2) is 0 Å². The van der Waals surface area contributed by atoms with Gasteiger partial charge in [0.1, 0.15) is 0 Å². The Morgan fingerprint density at radius 1 is 1.25 bits per heavy atom. The van der Waals surface area contributed by atoms with Crippen LogP contribution < -0.4 is 5.32 Å². The average molecular weight is 239 g/mol. The van der Waals surface area contributed by atoms with E-state index < -0.39 is 0 Å². The zero-order valence-electron chi connectivity index (χ0n) is 10.9. The predicted molar refractivity (Wildman–Crippen MR) is 74.4 cm³/mol. The molecule has 0 amide bonds. The molecule has 16 heavy (non-hydrogen) atoms. The van der Waals surface area contributed by atoms with Crippen LogP contribution in [0.1, 0.15) is 49.3 Å². The molecule has 1 aromatic rings. The first-order valence-electron chi connectivity index (χ1n) is 6.51. The third kappa shape index (κ3) is 5.66. The summed E-state index contributed by atoms with van der Waals surface area (Å²) in [6.07, 6.45) is 6.56. The Balaban J connectivity index is 2.09. The van der Waals surface area contributed by atoms with Crippen LogP contribution in [-0.2, 0) is 6.42 Å². The van der Waals surface area contributed by atoms with Gasteiger partial charge in [-0.1, -0.05) is 26.2 Å². The summed E-state index contributed by atoms with van der Waals surface area (Å²) in [4.78, 5) is 2.93. The molecule has 1 heterocycles. The zero-order chi connectivity index (χ0) is 11.8. The molecule has 0 radical (unpaired) electrons. The molecular weight excluding hydrogens is 214 g/mol. The second-order valence-corrected chi connectivity index (χ2v) is 6.00. The van der Waals surface area contributed by atoms with Crippen LogP contribution in [-0.4, -0.2) is 12.6 Å². The molecule has 0 spiro atoms. The van der Waals surface area contributed by atoms with Crippen LogP contribution in [0, 0.1) is 6.92 Å². The fraction of sp³-hybridized carbons (Fsp3) is 0.714. The van der Waals surface area contributed by atoms with Gasteiger partial charge in [-0.2, -0.15) is 0 Å². The van der Waals surface area contributed by atoms with Crippen LogP contribution in [0.4, 0.5) is 0 Å². The molecule has 1 atom stereocenters. The lowest BCUT2D eigenvalue weighted by Gasteiger charge is -2.12. The molecule has 1 nitrogen and oxygen atoms in total. The minimum Gasteiger partial charge on any atom is -0.314 e. The maximum absolute atomic E-state index is 3.61. The summed E-state index contributed by atoms with van der Waals surface area (Å²) in [5.41, 5.74) is 0. The van der Waals surface area contributed by atoms with Crippen molar-refractivity contribution < 1.29 is 0 Å². The normalized spacial score (nSPS) is 12.9. The van der Waals surface area contributed by atoms with E-state index in [9.17, 15) is 0 Å². The van der Waals surface area contributed by atoms with Crippen molar-refractivity contribution in [3.63, 3.8) is 0 Å². The molecule has 2 heteroatoms. The van der Waals surface area contributed by atoms with E-state index >= 15 is 0 Å². The molecule has 0 aliphatic rings. The highest BCUT2D eigenvalue weighted by molar-refractivity contribution is 7.11. The summed E-state index contributed by atoms with van der Waals surface area (Å²) in [5, 5.41) is 3.61. The monoisotopic (exact) mass is 239 g/mol. The van der Waals surface area contributed by atoms with E-state index in [0.29, 0.717) is 6.04 Å². The Morgan fingerprint density at radius 3 is 2.69 bits per heavy atom. The lowest BCUT2D eigenvalue weighted by Crippen LogP contribution is -2.28. The lowest BCUT2D eigenvalue weighted by atomic mass is 10.2. The largest absolute Gasteiger partial charge is 0.314 e. The fourth-order valence-electron chi connectivity index (χ4n) is 1.87. The van der Waals surface area contributed by atoms with Gasteiger partial charge in [0.05, 0.1) is 0 Å². The van der Waals surface area contributed by atoms with Gasteiger partial charge >= 0.3 is 0 Å². The van der Waals surface area contributed by atoms with Crippen molar-refractivity contribution in [3.8, 4) is 0 Å². The van der Waals surface area contributed by atoms with E-state index in [2.05, 4.69) is 38.2 Å². The van der Waals surface area contributed by atoms with E-state index in [-0.39, 0.29) is 0 Å². The van der Waals surface area contributed by atoms with Gasteiger partial charge in [0.25, 0.3) is 0 Å². The Kier molecular flexibility index (Phi) is 6.74. The number of unbranched alkanes of at least 4 members (excludes halogenated alkanes) is 3. The third-order valence-corrected chi connectivity index (χ3v) is 3.85. The minimum atomic E-state index is 0.611. The fourth-order valence-corrected chi connectivity index (χ4v) is 2.89. The van der Waals surface area contributed by atoms with Gasteiger partial charge in [-0.15, -0.1) is 11.3 Å². The van der Waals surface area contributed by atoms with Crippen molar-refractivity contribution in [2.45, 2.75) is 58.9 Å². The molecule has 0 aromatic carbocycles. The van der Waals surface area contributed by atoms with Crippen LogP contribution in [0.15, 0.2) is 12.1 Å². The summed E-state index contributed by atoms with van der Waals surface area (Å²) in [6, 6.07) is 5.09. The highest BCUT2D eigenvalue weighted by Gasteiger charge is 2.04. The average Bonchev–Trinajstić information content (AvgIpc) is 2.63. The highest BCUT2D eigenvalue weighted by Crippen LogP contribution is 2.16. The summed E-state index contributed by atoms with van der Waals surface area (Å²) >= 11 is 1.92. The molecule has 0 aliphatic carbocycles. The maximum atomic E-state index is 3.61. The van der Waals surface area contributed by atoms with Crippen LogP contribution in [0.2, 0.25) is 0 Å². The first-order valence-corrected chi connectivity index (χ1v) is 7.32. The topological polar surface area (TPSA) is 12.0 Å². The smallest absolute Gasteiger partial charge is 0.00870 e. The van der Waals surface area contributed by atoms with Gasteiger partial charge in [-0.05, 0) is 45.4 Å². The number of hydrogen-bond donors (Lipinski definition) is 1. The molecule has 92 valence electrons. The molecule has 1 unspecified atom stereocenters.